The number of nitrogens with one attached hydrogen (secondary N) is 1. The van der Waals surface area contributed by atoms with Crippen molar-refractivity contribution >= 4 is 39.9 Å². The highest BCUT2D eigenvalue weighted by Crippen LogP contribution is 2.30. The molecule has 1 aliphatic rings. The molecule has 0 bridgehead atoms. The van der Waals surface area contributed by atoms with E-state index >= 15 is 0 Å². The molecule has 1 N–H and O–H groups in total. The number of pyridine rings is 1. The van der Waals surface area contributed by atoms with Gasteiger partial charge >= 0.3 is 6.09 Å². The predicted octanol–water partition coefficient (Wildman–Crippen LogP) is 4.42. The first-order valence-corrected chi connectivity index (χ1v) is 12.5. The van der Waals surface area contributed by atoms with Crippen LogP contribution in [0.3, 0.4) is 0 Å². The Bertz CT molecular complexity index is 1550. The number of hydrogen-bond donors (Lipinski definition) is 1. The lowest BCUT2D eigenvalue weighted by atomic mass is 10.1. The van der Waals surface area contributed by atoms with Crippen LogP contribution < -0.4 is 10.2 Å². The molecule has 0 radical (unpaired) electrons. The first kappa shape index (κ1) is 25.4. The number of aromatic nitrogens is 4. The minimum absolute atomic E-state index is 0.0805. The second-order valence-electron chi connectivity index (χ2n) is 10.5. The van der Waals surface area contributed by atoms with Gasteiger partial charge in [-0.1, -0.05) is 0 Å². The van der Waals surface area contributed by atoms with Crippen molar-refractivity contribution in [2.75, 3.05) is 29.9 Å². The van der Waals surface area contributed by atoms with Gasteiger partial charge in [-0.15, -0.1) is 5.10 Å². The van der Waals surface area contributed by atoms with Crippen LogP contribution in [0.15, 0.2) is 42.9 Å². The monoisotopic (exact) mass is 519 g/mol. The summed E-state index contributed by atoms with van der Waals surface area (Å²) < 4.78 is 21.6. The van der Waals surface area contributed by atoms with Gasteiger partial charge in [-0.3, -0.25) is 4.79 Å². The molecule has 3 aromatic heterocycles. The van der Waals surface area contributed by atoms with Crippen LogP contribution in [0.5, 0.6) is 0 Å². The summed E-state index contributed by atoms with van der Waals surface area (Å²) in [5, 5.41) is 11.8. The summed E-state index contributed by atoms with van der Waals surface area (Å²) in [4.78, 5) is 33.9. The summed E-state index contributed by atoms with van der Waals surface area (Å²) >= 11 is 0. The smallest absolute Gasteiger partial charge is 0.410 e. The number of anilines is 2. The number of piperazine rings is 1. The van der Waals surface area contributed by atoms with Crippen LogP contribution >= 0.6 is 0 Å². The standard InChI is InChI=1S/C27H30FN7O3/c1-16-13-34-15-18(12-21(28)24(34)30-16)31-25(36)20-6-7-22(19-8-9-29-32-23(19)20)33-10-11-35(17(2)14-33)26(37)38-27(3,4)5/h6-9,12-13,15,17H,10-11,14H2,1-5H3,(H,31,36)/t17-/m0/s1. The quantitative estimate of drug-likeness (QED) is 0.427. The van der Waals surface area contributed by atoms with Crippen LogP contribution in [0.2, 0.25) is 0 Å². The zero-order valence-electron chi connectivity index (χ0n) is 22.0. The molecule has 38 heavy (non-hydrogen) atoms. The maximum Gasteiger partial charge on any atom is 0.410 e. The van der Waals surface area contributed by atoms with Gasteiger partial charge in [0.25, 0.3) is 5.91 Å². The van der Waals surface area contributed by atoms with Gasteiger partial charge in [0.05, 0.1) is 23.1 Å². The van der Waals surface area contributed by atoms with E-state index in [-0.39, 0.29) is 17.8 Å². The molecule has 1 saturated heterocycles. The summed E-state index contributed by atoms with van der Waals surface area (Å²) in [6.07, 6.45) is 4.56. The molecule has 0 spiro atoms. The predicted molar refractivity (Wildman–Crippen MR) is 142 cm³/mol. The Morgan fingerprint density at radius 1 is 1.16 bits per heavy atom. The fraction of sp³-hybridized carbons (Fsp3) is 0.370. The number of amides is 2. The molecule has 2 amide bonds. The molecule has 0 aliphatic carbocycles. The third kappa shape index (κ3) is 4.96. The molecule has 10 nitrogen and oxygen atoms in total. The molecule has 1 atom stereocenters. The van der Waals surface area contributed by atoms with Crippen molar-refractivity contribution in [3.8, 4) is 0 Å². The van der Waals surface area contributed by atoms with Gasteiger partial charge < -0.3 is 24.3 Å². The lowest BCUT2D eigenvalue weighted by Gasteiger charge is -2.41. The number of aryl methyl sites for hydroxylation is 1. The highest BCUT2D eigenvalue weighted by Gasteiger charge is 2.31. The topological polar surface area (TPSA) is 105 Å². The van der Waals surface area contributed by atoms with Crippen LogP contribution in [0.25, 0.3) is 16.6 Å². The second-order valence-corrected chi connectivity index (χ2v) is 10.5. The summed E-state index contributed by atoms with van der Waals surface area (Å²) in [5.41, 5.74) is 2.25. The zero-order chi connectivity index (χ0) is 27.2. The Morgan fingerprint density at radius 3 is 2.68 bits per heavy atom. The largest absolute Gasteiger partial charge is 0.444 e. The van der Waals surface area contributed by atoms with E-state index in [0.29, 0.717) is 42.1 Å². The SMILES string of the molecule is Cc1cn2cc(NC(=O)c3ccc(N4CCN(C(=O)OC(C)(C)C)[C@@H](C)C4)c4ccnnc34)cc(F)c2n1. The lowest BCUT2D eigenvalue weighted by Crippen LogP contribution is -2.55. The third-order valence-electron chi connectivity index (χ3n) is 6.39. The van der Waals surface area contributed by atoms with Crippen LogP contribution in [0, 0.1) is 12.7 Å². The normalized spacial score (nSPS) is 16.2. The first-order valence-electron chi connectivity index (χ1n) is 12.5. The van der Waals surface area contributed by atoms with Gasteiger partial charge in [0.15, 0.2) is 11.5 Å². The van der Waals surface area contributed by atoms with Gasteiger partial charge in [-0.25, -0.2) is 14.2 Å². The van der Waals surface area contributed by atoms with Crippen LogP contribution in [-0.4, -0.2) is 67.8 Å². The third-order valence-corrected chi connectivity index (χ3v) is 6.39. The number of halogens is 1. The second kappa shape index (κ2) is 9.55. The molecule has 4 aromatic rings. The zero-order valence-corrected chi connectivity index (χ0v) is 22.0. The number of rotatable bonds is 3. The molecule has 1 aliphatic heterocycles. The molecule has 5 rings (SSSR count). The molecule has 0 unspecified atom stereocenters. The Labute approximate surface area is 219 Å². The maximum atomic E-state index is 14.5. The number of nitrogens with zero attached hydrogens (tertiary/aromatic N) is 6. The van der Waals surface area contributed by atoms with E-state index < -0.39 is 17.3 Å². The van der Waals surface area contributed by atoms with Crippen molar-refractivity contribution in [2.24, 2.45) is 0 Å². The average molecular weight is 520 g/mol. The van der Waals surface area contributed by atoms with E-state index in [2.05, 4.69) is 25.4 Å². The number of carbonyl (C=O) groups is 2. The van der Waals surface area contributed by atoms with Crippen molar-refractivity contribution in [3.05, 3.63) is 59.9 Å². The Hall–Kier alpha value is -4.28. The van der Waals surface area contributed by atoms with Gasteiger partial charge in [-0.2, -0.15) is 5.10 Å². The van der Waals surface area contributed by atoms with E-state index in [1.54, 1.807) is 40.9 Å². The van der Waals surface area contributed by atoms with Crippen molar-refractivity contribution in [1.29, 1.82) is 0 Å². The van der Waals surface area contributed by atoms with Crippen LogP contribution in [0.4, 0.5) is 20.6 Å². The van der Waals surface area contributed by atoms with E-state index in [1.165, 1.54) is 6.07 Å². The van der Waals surface area contributed by atoms with Gasteiger partial charge in [-0.05, 0) is 52.8 Å². The lowest BCUT2D eigenvalue weighted by molar-refractivity contribution is 0.0159. The van der Waals surface area contributed by atoms with Crippen LogP contribution in [-0.2, 0) is 4.74 Å². The van der Waals surface area contributed by atoms with Gasteiger partial charge in [0, 0.05) is 55.2 Å². The molecule has 4 heterocycles. The first-order chi connectivity index (χ1) is 18.0. The fourth-order valence-corrected chi connectivity index (χ4v) is 4.74. The number of carbonyl (C=O) groups excluding carboxylic acids is 2. The summed E-state index contributed by atoms with van der Waals surface area (Å²) in [6.45, 7) is 11.0. The summed E-state index contributed by atoms with van der Waals surface area (Å²) in [5.74, 6) is -0.962. The minimum Gasteiger partial charge on any atom is -0.444 e. The average Bonchev–Trinajstić information content (AvgIpc) is 3.22. The molecule has 198 valence electrons. The summed E-state index contributed by atoms with van der Waals surface area (Å²) in [6, 6.07) is 6.55. The Balaban J connectivity index is 1.39. The van der Waals surface area contributed by atoms with Crippen molar-refractivity contribution in [1.82, 2.24) is 24.5 Å². The highest BCUT2D eigenvalue weighted by molar-refractivity contribution is 6.13. The Kier molecular flexibility index (Phi) is 6.38. The molecule has 1 fully saturated rings. The van der Waals surface area contributed by atoms with Crippen molar-refractivity contribution in [2.45, 2.75) is 46.3 Å². The van der Waals surface area contributed by atoms with Gasteiger partial charge in [0.1, 0.15) is 11.1 Å². The number of ether oxygens (including phenoxy) is 1. The molecule has 11 heteroatoms. The molecular weight excluding hydrogens is 489 g/mol. The van der Waals surface area contributed by atoms with E-state index in [1.807, 2.05) is 39.8 Å². The maximum absolute atomic E-state index is 14.5. The minimum atomic E-state index is -0.561. The number of imidazole rings is 1. The van der Waals surface area contributed by atoms with Gasteiger partial charge in [0.2, 0.25) is 0 Å². The number of benzene rings is 1. The molecule has 1 aromatic carbocycles. The fourth-order valence-electron chi connectivity index (χ4n) is 4.74. The van der Waals surface area contributed by atoms with E-state index in [9.17, 15) is 14.0 Å². The van der Waals surface area contributed by atoms with Crippen molar-refractivity contribution < 1.29 is 18.7 Å². The molecule has 0 saturated carbocycles. The molecular formula is C27H30FN7O3. The Morgan fingerprint density at radius 2 is 1.95 bits per heavy atom. The highest BCUT2D eigenvalue weighted by atomic mass is 19.1. The van der Waals surface area contributed by atoms with Crippen molar-refractivity contribution in [3.63, 3.8) is 0 Å². The number of fused-ring (bicyclic) bond motifs is 2. The van der Waals surface area contributed by atoms with E-state index in [4.69, 9.17) is 4.74 Å². The van der Waals surface area contributed by atoms with Crippen LogP contribution in [0.1, 0.15) is 43.7 Å². The summed E-state index contributed by atoms with van der Waals surface area (Å²) in [7, 11) is 0. The van der Waals surface area contributed by atoms with E-state index in [0.717, 1.165) is 11.1 Å². The number of hydrogen-bond acceptors (Lipinski definition) is 7.